The standard InChI is InChI=1S/C13H17BrN4O2/c1-5-18-11(12(14)8(2)16-18)7-17-9(3)15-6-10(17)13(19)20-4/h6H,5,7H2,1-4H3. The summed E-state index contributed by atoms with van der Waals surface area (Å²) in [6.45, 7) is 7.13. The van der Waals surface area contributed by atoms with Gasteiger partial charge in [-0.2, -0.15) is 5.10 Å². The van der Waals surface area contributed by atoms with Gasteiger partial charge in [0.2, 0.25) is 0 Å². The molecule has 0 amide bonds. The van der Waals surface area contributed by atoms with Gasteiger partial charge in [-0.15, -0.1) is 0 Å². The molecule has 0 aliphatic carbocycles. The fraction of sp³-hybridized carbons (Fsp3) is 0.462. The molecule has 20 heavy (non-hydrogen) atoms. The zero-order valence-electron chi connectivity index (χ0n) is 12.0. The number of nitrogens with zero attached hydrogens (tertiary/aromatic N) is 4. The van der Waals surface area contributed by atoms with Gasteiger partial charge in [-0.25, -0.2) is 9.78 Å². The zero-order chi connectivity index (χ0) is 14.9. The van der Waals surface area contributed by atoms with Crippen molar-refractivity contribution in [2.45, 2.75) is 33.9 Å². The van der Waals surface area contributed by atoms with Gasteiger partial charge in [-0.1, -0.05) is 0 Å². The molecular formula is C13H17BrN4O2. The van der Waals surface area contributed by atoms with Gasteiger partial charge in [-0.05, 0) is 36.7 Å². The Morgan fingerprint density at radius 3 is 2.75 bits per heavy atom. The van der Waals surface area contributed by atoms with Crippen LogP contribution in [0.4, 0.5) is 0 Å². The predicted molar refractivity (Wildman–Crippen MR) is 77.7 cm³/mol. The quantitative estimate of drug-likeness (QED) is 0.801. The summed E-state index contributed by atoms with van der Waals surface area (Å²) in [5.74, 6) is 0.375. The van der Waals surface area contributed by atoms with Gasteiger partial charge in [0.15, 0.2) is 0 Å². The molecule has 0 radical (unpaired) electrons. The zero-order valence-corrected chi connectivity index (χ0v) is 13.6. The number of aromatic nitrogens is 4. The van der Waals surface area contributed by atoms with Gasteiger partial charge < -0.3 is 9.30 Å². The number of carbonyl (C=O) groups excluding carboxylic acids is 1. The molecule has 0 aliphatic rings. The first-order valence-corrected chi connectivity index (χ1v) is 7.11. The molecule has 0 spiro atoms. The highest BCUT2D eigenvalue weighted by atomic mass is 79.9. The van der Waals surface area contributed by atoms with E-state index in [-0.39, 0.29) is 5.97 Å². The smallest absolute Gasteiger partial charge is 0.356 e. The van der Waals surface area contributed by atoms with Gasteiger partial charge in [-0.3, -0.25) is 4.68 Å². The maximum Gasteiger partial charge on any atom is 0.356 e. The lowest BCUT2D eigenvalue weighted by Crippen LogP contribution is -2.15. The second-order valence-corrected chi connectivity index (χ2v) is 5.22. The normalized spacial score (nSPS) is 10.8. The summed E-state index contributed by atoms with van der Waals surface area (Å²) in [7, 11) is 1.37. The Morgan fingerprint density at radius 1 is 1.45 bits per heavy atom. The van der Waals surface area contributed by atoms with Crippen molar-refractivity contribution in [2.75, 3.05) is 7.11 Å². The average Bonchev–Trinajstić information content (AvgIpc) is 2.93. The number of imidazole rings is 1. The van der Waals surface area contributed by atoms with Gasteiger partial charge in [0.25, 0.3) is 0 Å². The molecule has 0 saturated carbocycles. The first-order chi connectivity index (χ1) is 9.49. The first kappa shape index (κ1) is 14.8. The SMILES string of the molecule is CCn1nc(C)c(Br)c1Cn1c(C(=O)OC)cnc1C. The largest absolute Gasteiger partial charge is 0.464 e. The molecule has 0 saturated heterocycles. The van der Waals surface area contributed by atoms with Gasteiger partial charge in [0, 0.05) is 6.54 Å². The summed E-state index contributed by atoms with van der Waals surface area (Å²) in [5, 5.41) is 4.45. The van der Waals surface area contributed by atoms with E-state index in [1.165, 1.54) is 13.3 Å². The number of carbonyl (C=O) groups is 1. The lowest BCUT2D eigenvalue weighted by molar-refractivity contribution is 0.0588. The minimum Gasteiger partial charge on any atom is -0.464 e. The van der Waals surface area contributed by atoms with Gasteiger partial charge in [0.05, 0.1) is 35.7 Å². The van der Waals surface area contributed by atoms with Crippen molar-refractivity contribution in [1.82, 2.24) is 19.3 Å². The molecule has 0 unspecified atom stereocenters. The number of esters is 1. The van der Waals surface area contributed by atoms with Crippen molar-refractivity contribution >= 4 is 21.9 Å². The van der Waals surface area contributed by atoms with Crippen LogP contribution in [0, 0.1) is 13.8 Å². The summed E-state index contributed by atoms with van der Waals surface area (Å²) in [4.78, 5) is 16.0. The Labute approximate surface area is 125 Å². The maximum atomic E-state index is 11.8. The third kappa shape index (κ3) is 2.49. The topological polar surface area (TPSA) is 61.9 Å². The van der Waals surface area contributed by atoms with Crippen LogP contribution in [0.25, 0.3) is 0 Å². The Balaban J connectivity index is 2.45. The highest BCUT2D eigenvalue weighted by Gasteiger charge is 2.19. The predicted octanol–water partition coefficient (Wildman–Crippen LogP) is 2.31. The van der Waals surface area contributed by atoms with Crippen LogP contribution in [-0.4, -0.2) is 32.4 Å². The van der Waals surface area contributed by atoms with E-state index in [2.05, 4.69) is 26.0 Å². The Kier molecular flexibility index (Phi) is 4.27. The van der Waals surface area contributed by atoms with Crippen LogP contribution in [0.1, 0.15) is 34.6 Å². The molecular weight excluding hydrogens is 324 g/mol. The van der Waals surface area contributed by atoms with Crippen LogP contribution in [0.5, 0.6) is 0 Å². The molecule has 2 aromatic heterocycles. The Morgan fingerprint density at radius 2 is 2.15 bits per heavy atom. The number of rotatable bonds is 4. The van der Waals surface area contributed by atoms with Crippen molar-refractivity contribution in [1.29, 1.82) is 0 Å². The van der Waals surface area contributed by atoms with Crippen molar-refractivity contribution in [3.8, 4) is 0 Å². The van der Waals surface area contributed by atoms with E-state index in [1.807, 2.05) is 30.0 Å². The lowest BCUT2D eigenvalue weighted by atomic mass is 10.3. The van der Waals surface area contributed by atoms with Crippen molar-refractivity contribution in [3.05, 3.63) is 33.6 Å². The van der Waals surface area contributed by atoms with E-state index in [0.717, 1.165) is 28.2 Å². The van der Waals surface area contributed by atoms with Crippen LogP contribution >= 0.6 is 15.9 Å². The van der Waals surface area contributed by atoms with Crippen molar-refractivity contribution < 1.29 is 9.53 Å². The minimum absolute atomic E-state index is 0.388. The molecule has 6 nitrogen and oxygen atoms in total. The monoisotopic (exact) mass is 340 g/mol. The van der Waals surface area contributed by atoms with E-state index in [1.54, 1.807) is 0 Å². The number of ether oxygens (including phenoxy) is 1. The second-order valence-electron chi connectivity index (χ2n) is 4.43. The fourth-order valence-electron chi connectivity index (χ4n) is 2.11. The summed E-state index contributed by atoms with van der Waals surface area (Å²) < 4.78 is 9.50. The van der Waals surface area contributed by atoms with Crippen molar-refractivity contribution in [3.63, 3.8) is 0 Å². The molecule has 7 heteroatoms. The van der Waals surface area contributed by atoms with E-state index in [0.29, 0.717) is 12.2 Å². The number of hydrogen-bond acceptors (Lipinski definition) is 4. The highest BCUT2D eigenvalue weighted by Crippen LogP contribution is 2.23. The van der Waals surface area contributed by atoms with E-state index in [4.69, 9.17) is 4.74 Å². The summed E-state index contributed by atoms with van der Waals surface area (Å²) in [6.07, 6.45) is 1.54. The molecule has 2 aromatic rings. The molecule has 0 atom stereocenters. The summed E-state index contributed by atoms with van der Waals surface area (Å²) in [6, 6.07) is 0. The fourth-order valence-corrected chi connectivity index (χ4v) is 2.51. The number of hydrogen-bond donors (Lipinski definition) is 0. The first-order valence-electron chi connectivity index (χ1n) is 6.31. The Hall–Kier alpha value is -1.63. The molecule has 2 rings (SSSR count). The van der Waals surface area contributed by atoms with Gasteiger partial charge >= 0.3 is 5.97 Å². The highest BCUT2D eigenvalue weighted by molar-refractivity contribution is 9.10. The van der Waals surface area contributed by atoms with Gasteiger partial charge in [0.1, 0.15) is 11.5 Å². The van der Waals surface area contributed by atoms with Crippen molar-refractivity contribution in [2.24, 2.45) is 0 Å². The molecule has 0 fully saturated rings. The molecule has 0 aromatic carbocycles. The number of aryl methyl sites for hydroxylation is 3. The number of halogens is 1. The van der Waals surface area contributed by atoms with Crippen LogP contribution in [0.3, 0.4) is 0 Å². The molecule has 108 valence electrons. The second kappa shape index (κ2) is 5.78. The number of methoxy groups -OCH3 is 1. The maximum absolute atomic E-state index is 11.8. The summed E-state index contributed by atoms with van der Waals surface area (Å²) in [5.41, 5.74) is 2.38. The molecule has 2 heterocycles. The molecule has 0 aliphatic heterocycles. The van der Waals surface area contributed by atoms with E-state index in [9.17, 15) is 4.79 Å². The van der Waals surface area contributed by atoms with Crippen LogP contribution in [0.15, 0.2) is 10.7 Å². The summed E-state index contributed by atoms with van der Waals surface area (Å²) >= 11 is 3.56. The Bertz CT molecular complexity index is 645. The average molecular weight is 341 g/mol. The van der Waals surface area contributed by atoms with Crippen LogP contribution < -0.4 is 0 Å². The molecule has 0 N–H and O–H groups in total. The minimum atomic E-state index is -0.388. The third-order valence-corrected chi connectivity index (χ3v) is 4.24. The van der Waals surface area contributed by atoms with Crippen LogP contribution in [0.2, 0.25) is 0 Å². The van der Waals surface area contributed by atoms with E-state index >= 15 is 0 Å². The van der Waals surface area contributed by atoms with E-state index < -0.39 is 0 Å². The van der Waals surface area contributed by atoms with Crippen LogP contribution in [-0.2, 0) is 17.8 Å². The third-order valence-electron chi connectivity index (χ3n) is 3.21. The molecule has 0 bridgehead atoms. The lowest BCUT2D eigenvalue weighted by Gasteiger charge is -2.11.